The molecule has 1 saturated heterocycles. The van der Waals surface area contributed by atoms with Crippen LogP contribution < -0.4 is 20.1 Å². The van der Waals surface area contributed by atoms with Crippen molar-refractivity contribution in [1.82, 2.24) is 10.6 Å². The van der Waals surface area contributed by atoms with Gasteiger partial charge < -0.3 is 9.47 Å². The maximum absolute atomic E-state index is 11.9. The minimum absolute atomic E-state index is 0.00402. The Morgan fingerprint density at radius 1 is 1.23 bits per heavy atom. The Kier molecular flexibility index (Phi) is 5.11. The molecule has 0 spiro atoms. The summed E-state index contributed by atoms with van der Waals surface area (Å²) in [5, 5.41) is 4.79. The van der Waals surface area contributed by atoms with E-state index in [2.05, 4.69) is 10.6 Å². The van der Waals surface area contributed by atoms with E-state index in [4.69, 9.17) is 21.7 Å². The van der Waals surface area contributed by atoms with Gasteiger partial charge in [-0.25, -0.2) is 0 Å². The SMILES string of the molecule is CCCOc1cc(OC)ccc1C=C1C(=O)NC(=S)NC1=O. The van der Waals surface area contributed by atoms with Crippen molar-refractivity contribution in [2.45, 2.75) is 13.3 Å². The Hall–Kier alpha value is -2.41. The molecule has 0 unspecified atom stereocenters. The molecule has 2 N–H and O–H groups in total. The van der Waals surface area contributed by atoms with Crippen molar-refractivity contribution in [3.63, 3.8) is 0 Å². The molecule has 1 fully saturated rings. The summed E-state index contributed by atoms with van der Waals surface area (Å²) < 4.78 is 10.8. The Bertz CT molecular complexity index is 633. The van der Waals surface area contributed by atoms with Gasteiger partial charge in [-0.1, -0.05) is 6.92 Å². The molecular weight excluding hydrogens is 304 g/mol. The number of benzene rings is 1. The van der Waals surface area contributed by atoms with E-state index in [1.807, 2.05) is 6.92 Å². The summed E-state index contributed by atoms with van der Waals surface area (Å²) in [5.41, 5.74) is 0.586. The van der Waals surface area contributed by atoms with Gasteiger partial charge in [-0.3, -0.25) is 20.2 Å². The Labute approximate surface area is 133 Å². The Balaban J connectivity index is 2.38. The largest absolute Gasteiger partial charge is 0.497 e. The normalized spacial score (nSPS) is 14.3. The van der Waals surface area contributed by atoms with E-state index >= 15 is 0 Å². The number of thiocarbonyl (C=S) groups is 1. The number of hydrogen-bond acceptors (Lipinski definition) is 5. The summed E-state index contributed by atoms with van der Waals surface area (Å²) in [7, 11) is 1.56. The van der Waals surface area contributed by atoms with Crippen molar-refractivity contribution in [2.75, 3.05) is 13.7 Å². The molecule has 0 bridgehead atoms. The van der Waals surface area contributed by atoms with E-state index in [-0.39, 0.29) is 10.7 Å². The van der Waals surface area contributed by atoms with Gasteiger partial charge in [0.2, 0.25) is 0 Å². The van der Waals surface area contributed by atoms with Gasteiger partial charge in [-0.15, -0.1) is 0 Å². The fourth-order valence-electron chi connectivity index (χ4n) is 1.86. The molecule has 6 nitrogen and oxygen atoms in total. The lowest BCUT2D eigenvalue weighted by molar-refractivity contribution is -0.123. The van der Waals surface area contributed by atoms with Gasteiger partial charge in [0.25, 0.3) is 11.8 Å². The number of amides is 2. The first-order valence-electron chi connectivity index (χ1n) is 6.74. The standard InChI is InChI=1S/C15H16N2O4S/c1-3-6-21-12-8-10(20-2)5-4-9(12)7-11-13(18)16-15(22)17-14(11)19/h4-5,7-8H,3,6H2,1-2H3,(H2,16,17,18,19,22). The van der Waals surface area contributed by atoms with Crippen molar-refractivity contribution < 1.29 is 19.1 Å². The Morgan fingerprint density at radius 3 is 2.50 bits per heavy atom. The highest BCUT2D eigenvalue weighted by Gasteiger charge is 2.26. The smallest absolute Gasteiger partial charge is 0.263 e. The minimum atomic E-state index is -0.536. The highest BCUT2D eigenvalue weighted by molar-refractivity contribution is 7.80. The predicted molar refractivity (Wildman–Crippen MR) is 85.6 cm³/mol. The number of carbonyl (C=O) groups is 2. The average molecular weight is 320 g/mol. The van der Waals surface area contributed by atoms with Gasteiger partial charge in [0.05, 0.1) is 13.7 Å². The molecule has 2 amide bonds. The maximum atomic E-state index is 11.9. The predicted octanol–water partition coefficient (Wildman–Crippen LogP) is 1.40. The van der Waals surface area contributed by atoms with E-state index < -0.39 is 11.8 Å². The molecule has 116 valence electrons. The molecule has 1 aliphatic rings. The number of nitrogens with one attached hydrogen (secondary N) is 2. The summed E-state index contributed by atoms with van der Waals surface area (Å²) in [5.74, 6) is 0.103. The van der Waals surface area contributed by atoms with Crippen LogP contribution in [0.1, 0.15) is 18.9 Å². The van der Waals surface area contributed by atoms with E-state index in [0.29, 0.717) is 23.7 Å². The van der Waals surface area contributed by atoms with Crippen LogP contribution in [-0.4, -0.2) is 30.6 Å². The summed E-state index contributed by atoms with van der Waals surface area (Å²) in [4.78, 5) is 23.7. The quantitative estimate of drug-likeness (QED) is 0.487. The van der Waals surface area contributed by atoms with Gasteiger partial charge in [-0.2, -0.15) is 0 Å². The number of carbonyl (C=O) groups excluding carboxylic acids is 2. The van der Waals surface area contributed by atoms with Crippen LogP contribution in [0.25, 0.3) is 6.08 Å². The van der Waals surface area contributed by atoms with E-state index in [0.717, 1.165) is 6.42 Å². The maximum Gasteiger partial charge on any atom is 0.263 e. The van der Waals surface area contributed by atoms with E-state index in [9.17, 15) is 9.59 Å². The molecule has 0 aromatic heterocycles. The molecular formula is C15H16N2O4S. The molecule has 0 atom stereocenters. The summed E-state index contributed by atoms with van der Waals surface area (Å²) in [6.45, 7) is 2.51. The van der Waals surface area contributed by atoms with Gasteiger partial charge >= 0.3 is 0 Å². The van der Waals surface area contributed by atoms with Crippen LogP contribution >= 0.6 is 12.2 Å². The molecule has 0 saturated carbocycles. The third kappa shape index (κ3) is 3.62. The lowest BCUT2D eigenvalue weighted by Gasteiger charge is -2.17. The van der Waals surface area contributed by atoms with Crippen LogP contribution in [0.5, 0.6) is 11.5 Å². The third-order valence-electron chi connectivity index (χ3n) is 2.93. The van der Waals surface area contributed by atoms with Crippen LogP contribution in [0, 0.1) is 0 Å². The first kappa shape index (κ1) is 16.0. The number of hydrogen-bond donors (Lipinski definition) is 2. The molecule has 1 aliphatic heterocycles. The average Bonchev–Trinajstić information content (AvgIpc) is 2.49. The van der Waals surface area contributed by atoms with E-state index in [1.165, 1.54) is 6.08 Å². The van der Waals surface area contributed by atoms with Crippen LogP contribution in [0.2, 0.25) is 0 Å². The van der Waals surface area contributed by atoms with Crippen molar-refractivity contribution in [3.05, 3.63) is 29.3 Å². The first-order valence-corrected chi connectivity index (χ1v) is 7.15. The first-order chi connectivity index (χ1) is 10.5. The molecule has 1 aromatic rings. The van der Waals surface area contributed by atoms with Crippen molar-refractivity contribution in [2.24, 2.45) is 0 Å². The minimum Gasteiger partial charge on any atom is -0.497 e. The van der Waals surface area contributed by atoms with Crippen LogP contribution in [0.4, 0.5) is 0 Å². The Morgan fingerprint density at radius 2 is 1.91 bits per heavy atom. The second-order valence-electron chi connectivity index (χ2n) is 4.55. The molecule has 1 aromatic carbocycles. The highest BCUT2D eigenvalue weighted by Crippen LogP contribution is 2.27. The van der Waals surface area contributed by atoms with Crippen molar-refractivity contribution in [1.29, 1.82) is 0 Å². The van der Waals surface area contributed by atoms with Gasteiger partial charge in [0.1, 0.15) is 17.1 Å². The zero-order valence-corrected chi connectivity index (χ0v) is 13.1. The third-order valence-corrected chi connectivity index (χ3v) is 3.13. The van der Waals surface area contributed by atoms with Crippen molar-refractivity contribution in [3.8, 4) is 11.5 Å². The molecule has 22 heavy (non-hydrogen) atoms. The van der Waals surface area contributed by atoms with Gasteiger partial charge in [-0.05, 0) is 36.8 Å². The zero-order chi connectivity index (χ0) is 16.1. The number of ether oxygens (including phenoxy) is 2. The van der Waals surface area contributed by atoms with E-state index in [1.54, 1.807) is 25.3 Å². The molecule has 1 heterocycles. The van der Waals surface area contributed by atoms with Crippen molar-refractivity contribution >= 4 is 35.2 Å². The number of rotatable bonds is 5. The highest BCUT2D eigenvalue weighted by atomic mass is 32.1. The fraction of sp³-hybridized carbons (Fsp3) is 0.267. The summed E-state index contributed by atoms with van der Waals surface area (Å²) >= 11 is 4.76. The lowest BCUT2D eigenvalue weighted by atomic mass is 10.1. The molecule has 2 rings (SSSR count). The molecule has 7 heteroatoms. The van der Waals surface area contributed by atoms with Crippen LogP contribution in [-0.2, 0) is 9.59 Å². The van der Waals surface area contributed by atoms with Crippen LogP contribution in [0.3, 0.4) is 0 Å². The molecule has 0 aliphatic carbocycles. The second kappa shape index (κ2) is 7.04. The number of methoxy groups -OCH3 is 1. The zero-order valence-electron chi connectivity index (χ0n) is 12.3. The summed E-state index contributed by atoms with van der Waals surface area (Å²) in [6, 6.07) is 5.17. The van der Waals surface area contributed by atoms with Gasteiger partial charge in [0.15, 0.2) is 5.11 Å². The topological polar surface area (TPSA) is 76.7 Å². The van der Waals surface area contributed by atoms with Gasteiger partial charge in [0, 0.05) is 11.6 Å². The fourth-order valence-corrected chi connectivity index (χ4v) is 2.05. The van der Waals surface area contributed by atoms with Crippen LogP contribution in [0.15, 0.2) is 23.8 Å². The lowest BCUT2D eigenvalue weighted by Crippen LogP contribution is -2.51. The monoisotopic (exact) mass is 320 g/mol. The molecule has 0 radical (unpaired) electrons. The second-order valence-corrected chi connectivity index (χ2v) is 4.96. The summed E-state index contributed by atoms with van der Waals surface area (Å²) in [6.07, 6.45) is 2.30.